The highest BCUT2D eigenvalue weighted by Crippen LogP contribution is 2.22. The lowest BCUT2D eigenvalue weighted by molar-refractivity contribution is -0.141. The van der Waals surface area contributed by atoms with Gasteiger partial charge in [-0.2, -0.15) is 0 Å². The molecule has 0 aromatic heterocycles. The van der Waals surface area contributed by atoms with Crippen LogP contribution in [0.25, 0.3) is 0 Å². The number of nitrogens with zero attached hydrogens (tertiary/aromatic N) is 1. The van der Waals surface area contributed by atoms with Crippen LogP contribution in [0.15, 0.2) is 89.8 Å². The number of rotatable bonds is 10. The summed E-state index contributed by atoms with van der Waals surface area (Å²) in [5.74, 6) is 0.521. The molecule has 4 nitrogen and oxygen atoms in total. The van der Waals surface area contributed by atoms with E-state index in [-0.39, 0.29) is 11.8 Å². The molecule has 1 N–H and O–H groups in total. The Kier molecular flexibility index (Phi) is 9.55. The Morgan fingerprint density at radius 3 is 2.11 bits per heavy atom. The number of carbonyl (C=O) groups is 2. The highest BCUT2D eigenvalue weighted by Gasteiger charge is 2.32. The van der Waals surface area contributed by atoms with Crippen LogP contribution in [0.4, 0.5) is 0 Å². The topological polar surface area (TPSA) is 49.4 Å². The molecule has 35 heavy (non-hydrogen) atoms. The molecule has 0 saturated carbocycles. The van der Waals surface area contributed by atoms with E-state index in [1.54, 1.807) is 16.7 Å². The van der Waals surface area contributed by atoms with Crippen molar-refractivity contribution in [2.24, 2.45) is 0 Å². The molecular weight excluding hydrogens is 452 g/mol. The third-order valence-corrected chi connectivity index (χ3v) is 6.71. The number of thioether (sulfide) groups is 1. The molecule has 2 amide bonds. The summed E-state index contributed by atoms with van der Waals surface area (Å²) >= 11 is 1.66. The minimum absolute atomic E-state index is 0.0123. The second kappa shape index (κ2) is 12.6. The molecule has 0 radical (unpaired) electrons. The first kappa shape index (κ1) is 26.6. The Balaban J connectivity index is 1.88. The van der Waals surface area contributed by atoms with Gasteiger partial charge in [0.15, 0.2) is 0 Å². The zero-order valence-corrected chi connectivity index (χ0v) is 22.0. The quantitative estimate of drug-likeness (QED) is 0.354. The molecule has 0 aliphatic heterocycles. The molecule has 5 heteroatoms. The standard InChI is InChI=1S/C30H36N2O2S/c1-23-13-11-12-16-25(23)22-32(28(33)19-20-35-26-17-9-6-10-18-26)27(29(34)31-30(2,3)4)21-24-14-7-5-8-15-24/h5-18,27H,19-22H2,1-4H3,(H,31,34). The lowest BCUT2D eigenvalue weighted by Crippen LogP contribution is -2.54. The Bertz CT molecular complexity index is 1090. The maximum Gasteiger partial charge on any atom is 0.243 e. The average molecular weight is 489 g/mol. The fourth-order valence-corrected chi connectivity index (χ4v) is 4.76. The summed E-state index contributed by atoms with van der Waals surface area (Å²) in [7, 11) is 0. The minimum atomic E-state index is -0.606. The molecule has 0 heterocycles. The molecular formula is C30H36N2O2S. The van der Waals surface area contributed by atoms with Crippen molar-refractivity contribution in [3.8, 4) is 0 Å². The van der Waals surface area contributed by atoms with Gasteiger partial charge >= 0.3 is 0 Å². The smallest absolute Gasteiger partial charge is 0.243 e. The van der Waals surface area contributed by atoms with Crippen molar-refractivity contribution >= 4 is 23.6 Å². The van der Waals surface area contributed by atoms with E-state index in [1.165, 1.54) is 0 Å². The summed E-state index contributed by atoms with van der Waals surface area (Å²) in [6, 6.07) is 27.5. The highest BCUT2D eigenvalue weighted by atomic mass is 32.2. The normalized spacial score (nSPS) is 12.1. The van der Waals surface area contributed by atoms with Gasteiger partial charge in [0.2, 0.25) is 11.8 Å². The largest absolute Gasteiger partial charge is 0.350 e. The van der Waals surface area contributed by atoms with E-state index < -0.39 is 11.6 Å². The number of nitrogens with one attached hydrogen (secondary N) is 1. The third-order valence-electron chi connectivity index (χ3n) is 5.70. The summed E-state index contributed by atoms with van der Waals surface area (Å²) < 4.78 is 0. The Hall–Kier alpha value is -3.05. The van der Waals surface area contributed by atoms with Gasteiger partial charge in [-0.25, -0.2) is 0 Å². The predicted octanol–water partition coefficient (Wildman–Crippen LogP) is 6.03. The molecule has 3 aromatic rings. The van der Waals surface area contributed by atoms with Crippen molar-refractivity contribution in [1.29, 1.82) is 0 Å². The van der Waals surface area contributed by atoms with E-state index in [0.29, 0.717) is 25.1 Å². The van der Waals surface area contributed by atoms with Crippen molar-refractivity contribution in [1.82, 2.24) is 10.2 Å². The molecule has 0 spiro atoms. The van der Waals surface area contributed by atoms with E-state index in [4.69, 9.17) is 0 Å². The van der Waals surface area contributed by atoms with Crippen LogP contribution in [0, 0.1) is 6.92 Å². The summed E-state index contributed by atoms with van der Waals surface area (Å²) in [5.41, 5.74) is 2.80. The first-order chi connectivity index (χ1) is 16.7. The van der Waals surface area contributed by atoms with Gasteiger partial charge in [0.25, 0.3) is 0 Å². The molecule has 3 rings (SSSR count). The van der Waals surface area contributed by atoms with Gasteiger partial charge in [-0.05, 0) is 56.5 Å². The average Bonchev–Trinajstić information content (AvgIpc) is 2.82. The van der Waals surface area contributed by atoms with Gasteiger partial charge < -0.3 is 10.2 Å². The van der Waals surface area contributed by atoms with Crippen molar-refractivity contribution < 1.29 is 9.59 Å². The fourth-order valence-electron chi connectivity index (χ4n) is 3.89. The maximum absolute atomic E-state index is 13.7. The number of carbonyl (C=O) groups excluding carboxylic acids is 2. The lowest BCUT2D eigenvalue weighted by Gasteiger charge is -2.34. The molecule has 1 unspecified atom stereocenters. The van der Waals surface area contributed by atoms with Gasteiger partial charge in [0, 0.05) is 35.6 Å². The number of hydrogen-bond donors (Lipinski definition) is 1. The SMILES string of the molecule is Cc1ccccc1CN(C(=O)CCSc1ccccc1)C(Cc1ccccc1)C(=O)NC(C)(C)C. The second-order valence-corrected chi connectivity index (χ2v) is 11.0. The zero-order valence-electron chi connectivity index (χ0n) is 21.2. The van der Waals surface area contributed by atoms with Crippen molar-refractivity contribution in [2.45, 2.75) is 63.6 Å². The van der Waals surface area contributed by atoms with E-state index in [1.807, 2.05) is 100 Å². The number of hydrogen-bond acceptors (Lipinski definition) is 3. The van der Waals surface area contributed by atoms with Gasteiger partial charge in [-0.3, -0.25) is 9.59 Å². The molecule has 0 saturated heterocycles. The maximum atomic E-state index is 13.7. The van der Waals surface area contributed by atoms with Gasteiger partial charge in [0.05, 0.1) is 0 Å². The van der Waals surface area contributed by atoms with E-state index >= 15 is 0 Å². The van der Waals surface area contributed by atoms with Crippen LogP contribution in [0.2, 0.25) is 0 Å². The van der Waals surface area contributed by atoms with Crippen LogP contribution < -0.4 is 5.32 Å². The van der Waals surface area contributed by atoms with Crippen LogP contribution in [-0.2, 0) is 22.6 Å². The third kappa shape index (κ3) is 8.59. The summed E-state index contributed by atoms with van der Waals surface area (Å²) in [6.45, 7) is 8.35. The molecule has 0 bridgehead atoms. The first-order valence-corrected chi connectivity index (χ1v) is 13.1. The zero-order chi connectivity index (χ0) is 25.3. The highest BCUT2D eigenvalue weighted by molar-refractivity contribution is 7.99. The fraction of sp³-hybridized carbons (Fsp3) is 0.333. The molecule has 0 aliphatic rings. The predicted molar refractivity (Wildman–Crippen MR) is 145 cm³/mol. The second-order valence-electron chi connectivity index (χ2n) is 9.80. The summed E-state index contributed by atoms with van der Waals surface area (Å²) in [6.07, 6.45) is 0.825. The van der Waals surface area contributed by atoms with Gasteiger partial charge in [-0.1, -0.05) is 72.8 Å². The van der Waals surface area contributed by atoms with E-state index in [9.17, 15) is 9.59 Å². The van der Waals surface area contributed by atoms with Gasteiger partial charge in [0.1, 0.15) is 6.04 Å². The number of benzene rings is 3. The van der Waals surface area contributed by atoms with Crippen molar-refractivity contribution in [3.63, 3.8) is 0 Å². The molecule has 3 aromatic carbocycles. The number of aryl methyl sites for hydroxylation is 1. The Morgan fingerprint density at radius 1 is 0.886 bits per heavy atom. The van der Waals surface area contributed by atoms with Crippen molar-refractivity contribution in [2.75, 3.05) is 5.75 Å². The molecule has 1 atom stereocenters. The molecule has 0 aliphatic carbocycles. The Labute approximate surface area is 214 Å². The van der Waals surface area contributed by atoms with E-state index in [2.05, 4.69) is 17.4 Å². The van der Waals surface area contributed by atoms with Gasteiger partial charge in [-0.15, -0.1) is 11.8 Å². The monoisotopic (exact) mass is 488 g/mol. The summed E-state index contributed by atoms with van der Waals surface area (Å²) in [5, 5.41) is 3.12. The van der Waals surface area contributed by atoms with Crippen LogP contribution in [-0.4, -0.2) is 34.0 Å². The van der Waals surface area contributed by atoms with Crippen molar-refractivity contribution in [3.05, 3.63) is 102 Å². The molecule has 184 valence electrons. The number of amides is 2. The minimum Gasteiger partial charge on any atom is -0.350 e. The lowest BCUT2D eigenvalue weighted by atomic mass is 9.99. The van der Waals surface area contributed by atoms with E-state index in [0.717, 1.165) is 21.6 Å². The van der Waals surface area contributed by atoms with Crippen LogP contribution in [0.1, 0.15) is 43.9 Å². The van der Waals surface area contributed by atoms with Crippen LogP contribution in [0.5, 0.6) is 0 Å². The van der Waals surface area contributed by atoms with Crippen LogP contribution in [0.3, 0.4) is 0 Å². The summed E-state index contributed by atoms with van der Waals surface area (Å²) in [4.78, 5) is 30.2. The van der Waals surface area contributed by atoms with Crippen LogP contribution >= 0.6 is 11.8 Å². The molecule has 0 fully saturated rings. The first-order valence-electron chi connectivity index (χ1n) is 12.1. The Morgan fingerprint density at radius 2 is 1.49 bits per heavy atom.